The van der Waals surface area contributed by atoms with Crippen molar-refractivity contribution in [3.8, 4) is 0 Å². The van der Waals surface area contributed by atoms with Crippen LogP contribution in [0, 0.1) is 28.6 Å². The Morgan fingerprint density at radius 1 is 1.05 bits per heavy atom. The van der Waals surface area contributed by atoms with E-state index >= 15 is 0 Å². The lowest BCUT2D eigenvalue weighted by molar-refractivity contribution is -0.0179. The van der Waals surface area contributed by atoms with Crippen molar-refractivity contribution < 1.29 is 0 Å². The summed E-state index contributed by atoms with van der Waals surface area (Å²) in [6.07, 6.45) is 19.1. The second kappa shape index (κ2) is 3.99. The first-order valence-corrected chi connectivity index (χ1v) is 8.51. The minimum Gasteiger partial charge on any atom is -0.0842 e. The summed E-state index contributed by atoms with van der Waals surface area (Å²) >= 11 is 0. The fourth-order valence-corrected chi connectivity index (χ4v) is 6.29. The Labute approximate surface area is 118 Å². The molecule has 5 atom stereocenters. The molecule has 2 fully saturated rings. The van der Waals surface area contributed by atoms with Gasteiger partial charge in [-0.2, -0.15) is 0 Å². The molecule has 0 nitrogen and oxygen atoms in total. The smallest absolute Gasteiger partial charge is 0.00445 e. The van der Waals surface area contributed by atoms with Gasteiger partial charge in [0.2, 0.25) is 0 Å². The largest absolute Gasteiger partial charge is 0.0842 e. The molecule has 0 heterocycles. The summed E-state index contributed by atoms with van der Waals surface area (Å²) in [7, 11) is 0. The van der Waals surface area contributed by atoms with E-state index in [1.807, 2.05) is 0 Å². The fraction of sp³-hybridized carbons (Fsp3) is 0.789. The van der Waals surface area contributed by atoms with Crippen molar-refractivity contribution in [2.24, 2.45) is 28.6 Å². The van der Waals surface area contributed by atoms with Gasteiger partial charge in [-0.3, -0.25) is 0 Å². The van der Waals surface area contributed by atoms with Crippen LogP contribution in [0.25, 0.3) is 0 Å². The zero-order chi connectivity index (χ0) is 13.1. The van der Waals surface area contributed by atoms with Crippen molar-refractivity contribution in [3.05, 3.63) is 23.8 Å². The molecule has 0 saturated heterocycles. The Hall–Kier alpha value is -0.520. The number of hydrogen-bond acceptors (Lipinski definition) is 0. The lowest BCUT2D eigenvalue weighted by Crippen LogP contribution is -2.47. The molecule has 0 bridgehead atoms. The molecule has 0 unspecified atom stereocenters. The van der Waals surface area contributed by atoms with E-state index in [2.05, 4.69) is 32.1 Å². The number of allylic oxidation sites excluding steroid dienone is 4. The van der Waals surface area contributed by atoms with Gasteiger partial charge in [0.15, 0.2) is 0 Å². The van der Waals surface area contributed by atoms with Gasteiger partial charge in [0, 0.05) is 0 Å². The molecule has 104 valence electrons. The molecule has 0 amide bonds. The zero-order valence-corrected chi connectivity index (χ0v) is 12.6. The van der Waals surface area contributed by atoms with Crippen LogP contribution in [0.2, 0.25) is 0 Å². The highest BCUT2D eigenvalue weighted by Gasteiger charge is 2.54. The van der Waals surface area contributed by atoms with Gasteiger partial charge in [0.25, 0.3) is 0 Å². The Bertz CT molecular complexity index is 443. The van der Waals surface area contributed by atoms with Crippen molar-refractivity contribution in [1.82, 2.24) is 0 Å². The molecule has 0 spiro atoms. The highest BCUT2D eigenvalue weighted by atomic mass is 14.6. The minimum absolute atomic E-state index is 0.515. The molecule has 2 saturated carbocycles. The standard InChI is InChI=1S/C19H28/c1-18-11-5-7-16(18)15-9-8-14-6-3-4-12-19(14,2)17(15)10-13-18/h3,6,8,15-17H,4-5,7,9-13H2,1-2H3/t15-,16-,17-,18-,19-/m0/s1. The van der Waals surface area contributed by atoms with Crippen LogP contribution in [0.4, 0.5) is 0 Å². The first kappa shape index (κ1) is 12.2. The predicted molar refractivity (Wildman–Crippen MR) is 80.8 cm³/mol. The van der Waals surface area contributed by atoms with E-state index in [4.69, 9.17) is 0 Å². The Kier molecular flexibility index (Phi) is 2.57. The van der Waals surface area contributed by atoms with E-state index in [0.29, 0.717) is 10.8 Å². The van der Waals surface area contributed by atoms with Crippen LogP contribution in [0.1, 0.15) is 65.2 Å². The van der Waals surface area contributed by atoms with E-state index in [1.54, 1.807) is 5.57 Å². The zero-order valence-electron chi connectivity index (χ0n) is 12.6. The number of fused-ring (bicyclic) bond motifs is 5. The summed E-state index contributed by atoms with van der Waals surface area (Å²) in [5.41, 5.74) is 2.90. The molecule has 4 aliphatic carbocycles. The van der Waals surface area contributed by atoms with Crippen molar-refractivity contribution in [3.63, 3.8) is 0 Å². The van der Waals surface area contributed by atoms with E-state index in [1.165, 1.54) is 51.4 Å². The van der Waals surface area contributed by atoms with Crippen molar-refractivity contribution in [2.45, 2.75) is 65.2 Å². The van der Waals surface area contributed by atoms with Crippen molar-refractivity contribution >= 4 is 0 Å². The molecule has 4 rings (SSSR count). The summed E-state index contributed by atoms with van der Waals surface area (Å²) in [5.74, 6) is 3.02. The van der Waals surface area contributed by atoms with Crippen LogP contribution >= 0.6 is 0 Å². The first-order chi connectivity index (χ1) is 9.13. The number of hydrogen-bond donors (Lipinski definition) is 0. The molecule has 4 aliphatic rings. The Morgan fingerprint density at radius 3 is 2.84 bits per heavy atom. The average Bonchev–Trinajstić information content (AvgIpc) is 2.79. The summed E-state index contributed by atoms with van der Waals surface area (Å²) in [5, 5.41) is 0. The van der Waals surface area contributed by atoms with Gasteiger partial charge in [-0.05, 0) is 79.1 Å². The van der Waals surface area contributed by atoms with Crippen LogP contribution < -0.4 is 0 Å². The summed E-state index contributed by atoms with van der Waals surface area (Å²) in [4.78, 5) is 0. The molecular weight excluding hydrogens is 228 g/mol. The molecule has 19 heavy (non-hydrogen) atoms. The third kappa shape index (κ3) is 1.58. The van der Waals surface area contributed by atoms with E-state index in [0.717, 1.165) is 17.8 Å². The average molecular weight is 256 g/mol. The SMILES string of the molecule is C[C@@]12CCC[C@H]1[C@@H]1CC=C3C=CCC[C@]3(C)[C@H]1CC2. The van der Waals surface area contributed by atoms with E-state index in [9.17, 15) is 0 Å². The summed E-state index contributed by atoms with van der Waals surface area (Å²) in [6.45, 7) is 5.18. The molecule has 0 aromatic carbocycles. The molecule has 0 radical (unpaired) electrons. The van der Waals surface area contributed by atoms with Crippen LogP contribution in [0.15, 0.2) is 23.8 Å². The maximum absolute atomic E-state index is 2.61. The van der Waals surface area contributed by atoms with Gasteiger partial charge < -0.3 is 0 Å². The van der Waals surface area contributed by atoms with E-state index in [-0.39, 0.29) is 0 Å². The lowest BCUT2D eigenvalue weighted by atomic mass is 9.49. The van der Waals surface area contributed by atoms with Gasteiger partial charge >= 0.3 is 0 Å². The van der Waals surface area contributed by atoms with Gasteiger partial charge in [-0.15, -0.1) is 0 Å². The molecule has 0 aromatic rings. The molecular formula is C19H28. The second-order valence-electron chi connectivity index (χ2n) is 8.22. The highest BCUT2D eigenvalue weighted by Crippen LogP contribution is 2.64. The second-order valence-corrected chi connectivity index (χ2v) is 8.22. The Balaban J connectivity index is 1.73. The highest BCUT2D eigenvalue weighted by molar-refractivity contribution is 5.33. The third-order valence-corrected chi connectivity index (χ3v) is 7.43. The topological polar surface area (TPSA) is 0 Å². The van der Waals surface area contributed by atoms with Crippen molar-refractivity contribution in [1.29, 1.82) is 0 Å². The summed E-state index contributed by atoms with van der Waals surface area (Å²) < 4.78 is 0. The molecule has 0 N–H and O–H groups in total. The van der Waals surface area contributed by atoms with Gasteiger partial charge in [-0.25, -0.2) is 0 Å². The maximum Gasteiger partial charge on any atom is -0.00445 e. The monoisotopic (exact) mass is 256 g/mol. The number of rotatable bonds is 0. The fourth-order valence-electron chi connectivity index (χ4n) is 6.29. The normalized spacial score (nSPS) is 52.1. The van der Waals surface area contributed by atoms with Gasteiger partial charge in [0.1, 0.15) is 0 Å². The predicted octanol–water partition coefficient (Wildman–Crippen LogP) is 5.51. The van der Waals surface area contributed by atoms with Crippen LogP contribution in [0.3, 0.4) is 0 Å². The van der Waals surface area contributed by atoms with Gasteiger partial charge in [-0.1, -0.05) is 38.5 Å². The summed E-state index contributed by atoms with van der Waals surface area (Å²) in [6, 6.07) is 0. The Morgan fingerprint density at radius 2 is 1.95 bits per heavy atom. The maximum atomic E-state index is 2.61. The molecule has 0 aromatic heterocycles. The van der Waals surface area contributed by atoms with Crippen LogP contribution in [0.5, 0.6) is 0 Å². The van der Waals surface area contributed by atoms with E-state index < -0.39 is 0 Å². The minimum atomic E-state index is 0.515. The quantitative estimate of drug-likeness (QED) is 0.536. The molecule has 0 heteroatoms. The third-order valence-electron chi connectivity index (χ3n) is 7.43. The van der Waals surface area contributed by atoms with Crippen LogP contribution in [-0.4, -0.2) is 0 Å². The first-order valence-electron chi connectivity index (χ1n) is 8.51. The van der Waals surface area contributed by atoms with Crippen molar-refractivity contribution in [2.75, 3.05) is 0 Å². The molecule has 0 aliphatic heterocycles. The van der Waals surface area contributed by atoms with Crippen LogP contribution in [-0.2, 0) is 0 Å². The lowest BCUT2D eigenvalue weighted by Gasteiger charge is -2.56. The van der Waals surface area contributed by atoms with Gasteiger partial charge in [0.05, 0.1) is 0 Å².